The molecular formula is C21H25F5O. The molecule has 1 nitrogen and oxygen atoms in total. The van der Waals surface area contributed by atoms with Gasteiger partial charge in [0.05, 0.1) is 0 Å². The van der Waals surface area contributed by atoms with Gasteiger partial charge in [0.1, 0.15) is 0 Å². The normalized spacial score (nSPS) is 20.6. The molecule has 0 bridgehead atoms. The van der Waals surface area contributed by atoms with Gasteiger partial charge < -0.3 is 0 Å². The molecule has 1 aromatic carbocycles. The van der Waals surface area contributed by atoms with Gasteiger partial charge in [-0.2, -0.15) is 22.0 Å². The summed E-state index contributed by atoms with van der Waals surface area (Å²) in [5.41, 5.74) is 0.442. The summed E-state index contributed by atoms with van der Waals surface area (Å²) < 4.78 is 66.9. The fourth-order valence-corrected chi connectivity index (χ4v) is 4.64. The van der Waals surface area contributed by atoms with Crippen LogP contribution < -0.4 is 0 Å². The molecule has 2 aliphatic carbocycles. The summed E-state index contributed by atoms with van der Waals surface area (Å²) in [6, 6.07) is 4.89. The fraction of sp³-hybridized carbons (Fsp3) is 0.667. The van der Waals surface area contributed by atoms with Crippen LogP contribution in [-0.4, -0.2) is 17.9 Å². The maximum absolute atomic E-state index is 14.0. The molecule has 150 valence electrons. The second-order valence-corrected chi connectivity index (χ2v) is 7.88. The van der Waals surface area contributed by atoms with E-state index in [2.05, 4.69) is 0 Å². The van der Waals surface area contributed by atoms with Crippen LogP contribution in [0, 0.1) is 0 Å². The summed E-state index contributed by atoms with van der Waals surface area (Å²) in [7, 11) is 0. The Kier molecular flexibility index (Phi) is 5.92. The zero-order valence-electron chi connectivity index (χ0n) is 15.3. The van der Waals surface area contributed by atoms with Crippen LogP contribution in [0.5, 0.6) is 0 Å². The minimum Gasteiger partial charge on any atom is -0.287 e. The monoisotopic (exact) mass is 388 g/mol. The molecule has 0 unspecified atom stereocenters. The van der Waals surface area contributed by atoms with Gasteiger partial charge in [-0.25, -0.2) is 0 Å². The Labute approximate surface area is 156 Å². The topological polar surface area (TPSA) is 17.1 Å². The Balaban J connectivity index is 2.10. The third kappa shape index (κ3) is 4.04. The first-order chi connectivity index (χ1) is 12.7. The summed E-state index contributed by atoms with van der Waals surface area (Å²) in [5, 5.41) is 0. The number of ketones is 1. The molecule has 1 aromatic rings. The first-order valence-corrected chi connectivity index (χ1v) is 9.85. The first kappa shape index (κ1) is 20.3. The van der Waals surface area contributed by atoms with E-state index in [9.17, 15) is 26.7 Å². The molecule has 0 heterocycles. The van der Waals surface area contributed by atoms with Crippen LogP contribution in [-0.2, 0) is 0 Å². The van der Waals surface area contributed by atoms with Crippen LogP contribution in [0.15, 0.2) is 18.2 Å². The van der Waals surface area contributed by atoms with E-state index in [1.807, 2.05) is 0 Å². The van der Waals surface area contributed by atoms with Crippen molar-refractivity contribution in [2.24, 2.45) is 0 Å². The molecule has 0 aromatic heterocycles. The van der Waals surface area contributed by atoms with Crippen molar-refractivity contribution in [2.75, 3.05) is 0 Å². The highest BCUT2D eigenvalue weighted by Crippen LogP contribution is 2.45. The van der Waals surface area contributed by atoms with Gasteiger partial charge in [0.25, 0.3) is 0 Å². The van der Waals surface area contributed by atoms with Crippen molar-refractivity contribution < 1.29 is 26.7 Å². The van der Waals surface area contributed by atoms with Crippen LogP contribution in [0.1, 0.15) is 97.5 Å². The third-order valence-electron chi connectivity index (χ3n) is 6.09. The van der Waals surface area contributed by atoms with Crippen molar-refractivity contribution in [2.45, 2.75) is 88.1 Å². The summed E-state index contributed by atoms with van der Waals surface area (Å²) in [6.07, 6.45) is 2.71. The molecule has 0 amide bonds. The Morgan fingerprint density at radius 1 is 0.741 bits per heavy atom. The van der Waals surface area contributed by atoms with Crippen LogP contribution in [0.2, 0.25) is 0 Å². The standard InChI is InChI=1S/C21H25F5O/c22-20(23,21(24,25)26)19(27)18-16(14-8-3-1-4-9-14)12-7-13-17(18)15-10-5-2-6-11-15/h7,12-15H,1-6,8-11H2. The lowest BCUT2D eigenvalue weighted by molar-refractivity contribution is -0.255. The van der Waals surface area contributed by atoms with Crippen molar-refractivity contribution in [3.63, 3.8) is 0 Å². The number of hydrogen-bond donors (Lipinski definition) is 0. The Hall–Kier alpha value is -1.46. The number of halogens is 5. The molecular weight excluding hydrogens is 363 g/mol. The zero-order valence-corrected chi connectivity index (χ0v) is 15.3. The SMILES string of the molecule is O=C(c1c(C2CCCCC2)cccc1C1CCCCC1)C(F)(F)C(F)(F)F. The van der Waals surface area contributed by atoms with Gasteiger partial charge in [-0.15, -0.1) is 0 Å². The second kappa shape index (κ2) is 7.88. The van der Waals surface area contributed by atoms with Gasteiger partial charge in [-0.3, -0.25) is 4.79 Å². The molecule has 0 radical (unpaired) electrons. The van der Waals surface area contributed by atoms with E-state index >= 15 is 0 Å². The second-order valence-electron chi connectivity index (χ2n) is 7.88. The van der Waals surface area contributed by atoms with E-state index in [4.69, 9.17) is 0 Å². The molecule has 2 aliphatic rings. The number of carbonyl (C=O) groups is 1. The molecule has 0 saturated heterocycles. The molecule has 6 heteroatoms. The lowest BCUT2D eigenvalue weighted by Gasteiger charge is -2.30. The van der Waals surface area contributed by atoms with E-state index in [1.54, 1.807) is 18.2 Å². The molecule has 0 aliphatic heterocycles. The Morgan fingerprint density at radius 3 is 1.52 bits per heavy atom. The molecule has 0 spiro atoms. The van der Waals surface area contributed by atoms with Crippen LogP contribution in [0.25, 0.3) is 0 Å². The van der Waals surface area contributed by atoms with Crippen molar-refractivity contribution in [3.05, 3.63) is 34.9 Å². The smallest absolute Gasteiger partial charge is 0.287 e. The number of rotatable bonds is 4. The van der Waals surface area contributed by atoms with E-state index < -0.39 is 17.9 Å². The lowest BCUT2D eigenvalue weighted by atomic mass is 9.75. The molecule has 27 heavy (non-hydrogen) atoms. The van der Waals surface area contributed by atoms with Crippen LogP contribution >= 0.6 is 0 Å². The van der Waals surface area contributed by atoms with Crippen molar-refractivity contribution >= 4 is 5.78 Å². The van der Waals surface area contributed by atoms with Crippen LogP contribution in [0.3, 0.4) is 0 Å². The van der Waals surface area contributed by atoms with Crippen molar-refractivity contribution in [3.8, 4) is 0 Å². The number of benzene rings is 1. The number of carbonyl (C=O) groups excluding carboxylic acids is 1. The molecule has 2 saturated carbocycles. The largest absolute Gasteiger partial charge is 0.461 e. The van der Waals surface area contributed by atoms with E-state index in [1.165, 1.54) is 0 Å². The van der Waals surface area contributed by atoms with Crippen LogP contribution in [0.4, 0.5) is 22.0 Å². The highest BCUT2D eigenvalue weighted by molar-refractivity contribution is 6.04. The van der Waals surface area contributed by atoms with Gasteiger partial charge in [0.2, 0.25) is 5.78 Å². The number of hydrogen-bond acceptors (Lipinski definition) is 1. The Bertz CT molecular complexity index is 631. The van der Waals surface area contributed by atoms with E-state index in [-0.39, 0.29) is 17.4 Å². The van der Waals surface area contributed by atoms with Gasteiger partial charge in [-0.05, 0) is 48.6 Å². The average molecular weight is 388 g/mol. The maximum atomic E-state index is 14.0. The molecule has 0 N–H and O–H groups in total. The lowest BCUT2D eigenvalue weighted by Crippen LogP contribution is -2.45. The van der Waals surface area contributed by atoms with Crippen molar-refractivity contribution in [1.29, 1.82) is 0 Å². The van der Waals surface area contributed by atoms with E-state index in [0.717, 1.165) is 64.2 Å². The first-order valence-electron chi connectivity index (χ1n) is 9.85. The zero-order chi connectivity index (χ0) is 19.7. The quantitative estimate of drug-likeness (QED) is 0.395. The van der Waals surface area contributed by atoms with Gasteiger partial charge in [0, 0.05) is 5.56 Å². The van der Waals surface area contributed by atoms with Gasteiger partial charge >= 0.3 is 12.1 Å². The van der Waals surface area contributed by atoms with E-state index in [0.29, 0.717) is 11.1 Å². The summed E-state index contributed by atoms with van der Waals surface area (Å²) >= 11 is 0. The molecule has 3 rings (SSSR count). The predicted octanol–water partition coefficient (Wildman–Crippen LogP) is 7.16. The van der Waals surface area contributed by atoms with Gasteiger partial charge in [-0.1, -0.05) is 56.7 Å². The minimum absolute atomic E-state index is 0.120. The Morgan fingerprint density at radius 2 is 1.15 bits per heavy atom. The summed E-state index contributed by atoms with van der Waals surface area (Å²) in [5.74, 6) is -7.67. The molecule has 0 atom stereocenters. The van der Waals surface area contributed by atoms with Crippen molar-refractivity contribution in [1.82, 2.24) is 0 Å². The maximum Gasteiger partial charge on any atom is 0.461 e. The minimum atomic E-state index is -5.88. The molecule has 2 fully saturated rings. The highest BCUT2D eigenvalue weighted by atomic mass is 19.4. The highest BCUT2D eigenvalue weighted by Gasteiger charge is 2.63. The predicted molar refractivity (Wildman–Crippen MR) is 93.4 cm³/mol. The number of alkyl halides is 5. The number of Topliss-reactive ketones (excluding diaryl/α,β-unsaturated/α-hetero) is 1. The third-order valence-corrected chi connectivity index (χ3v) is 6.09. The van der Waals surface area contributed by atoms with Gasteiger partial charge in [0.15, 0.2) is 0 Å². The fourth-order valence-electron chi connectivity index (χ4n) is 4.64. The summed E-state index contributed by atoms with van der Waals surface area (Å²) in [6.45, 7) is 0. The average Bonchev–Trinajstić information content (AvgIpc) is 2.67. The summed E-state index contributed by atoms with van der Waals surface area (Å²) in [4.78, 5) is 12.6.